The Morgan fingerprint density at radius 3 is 2.21 bits per heavy atom. The number of amides is 1. The zero-order valence-electron chi connectivity index (χ0n) is 14.0. The molecule has 2 atom stereocenters. The maximum Gasteiger partial charge on any atom is 0.401 e. The van der Waals surface area contributed by atoms with Crippen molar-refractivity contribution in [2.75, 3.05) is 19.6 Å². The van der Waals surface area contributed by atoms with Gasteiger partial charge in [-0.3, -0.25) is 9.69 Å². The minimum Gasteiger partial charge on any atom is -0.353 e. The third-order valence-corrected chi connectivity index (χ3v) is 6.12. The molecule has 1 aliphatic heterocycles. The Morgan fingerprint density at radius 1 is 1.08 bits per heavy atom. The number of nitrogens with two attached hydrogens (primary N) is 1. The molecule has 7 heteroatoms. The van der Waals surface area contributed by atoms with Gasteiger partial charge in [-0.15, -0.1) is 0 Å². The number of hydrogen-bond acceptors (Lipinski definition) is 3. The smallest absolute Gasteiger partial charge is 0.353 e. The predicted molar refractivity (Wildman–Crippen MR) is 85.2 cm³/mol. The van der Waals surface area contributed by atoms with E-state index in [4.69, 9.17) is 5.73 Å². The van der Waals surface area contributed by atoms with E-state index in [2.05, 4.69) is 5.32 Å². The van der Waals surface area contributed by atoms with Gasteiger partial charge in [0.15, 0.2) is 0 Å². The summed E-state index contributed by atoms with van der Waals surface area (Å²) in [4.78, 5) is 14.0. The molecule has 3 aliphatic rings. The van der Waals surface area contributed by atoms with E-state index in [1.165, 1.54) is 11.3 Å². The summed E-state index contributed by atoms with van der Waals surface area (Å²) in [5.41, 5.74) is 6.27. The molecule has 24 heavy (non-hydrogen) atoms. The van der Waals surface area contributed by atoms with Crippen LogP contribution in [0.4, 0.5) is 13.2 Å². The van der Waals surface area contributed by atoms with E-state index >= 15 is 0 Å². The van der Waals surface area contributed by atoms with Crippen molar-refractivity contribution in [3.05, 3.63) is 0 Å². The van der Waals surface area contributed by atoms with Crippen molar-refractivity contribution in [2.24, 2.45) is 23.5 Å². The highest BCUT2D eigenvalue weighted by Crippen LogP contribution is 2.42. The van der Waals surface area contributed by atoms with E-state index in [1.54, 1.807) is 0 Å². The predicted octanol–water partition coefficient (Wildman–Crippen LogP) is 2.28. The largest absolute Gasteiger partial charge is 0.401 e. The van der Waals surface area contributed by atoms with Crippen molar-refractivity contribution < 1.29 is 18.0 Å². The summed E-state index contributed by atoms with van der Waals surface area (Å²) in [5, 5.41) is 3.09. The number of rotatable bonds is 3. The van der Waals surface area contributed by atoms with E-state index in [9.17, 15) is 18.0 Å². The molecule has 0 aromatic rings. The molecular formula is C17H28F3N3O. The molecule has 2 saturated carbocycles. The van der Waals surface area contributed by atoms with Gasteiger partial charge in [-0.05, 0) is 50.4 Å². The molecule has 1 saturated heterocycles. The average molecular weight is 347 g/mol. The highest BCUT2D eigenvalue weighted by atomic mass is 19.4. The van der Waals surface area contributed by atoms with Gasteiger partial charge in [0.05, 0.1) is 6.54 Å². The Hall–Kier alpha value is -0.820. The molecule has 1 amide bonds. The standard InChI is InChI=1S/C17H28F3N3O/c18-17(19,20)10-23-6-4-14(5-7-23)22-16(24)13-8-11-2-1-3-12(9-13)15(11)21/h11-15H,1-10,21H2,(H,22,24). The quantitative estimate of drug-likeness (QED) is 0.823. The summed E-state index contributed by atoms with van der Waals surface area (Å²) in [7, 11) is 0. The Labute approximate surface area is 141 Å². The van der Waals surface area contributed by atoms with Crippen LogP contribution in [0.2, 0.25) is 0 Å². The number of hydrogen-bond donors (Lipinski definition) is 2. The lowest BCUT2D eigenvalue weighted by Gasteiger charge is -2.44. The van der Waals surface area contributed by atoms with Gasteiger partial charge in [0, 0.05) is 31.1 Å². The molecule has 3 rings (SSSR count). The van der Waals surface area contributed by atoms with Gasteiger partial charge in [-0.25, -0.2) is 0 Å². The maximum atomic E-state index is 12.6. The highest BCUT2D eigenvalue weighted by Gasteiger charge is 2.41. The van der Waals surface area contributed by atoms with Crippen LogP contribution in [0.3, 0.4) is 0 Å². The second kappa shape index (κ2) is 7.20. The number of carbonyl (C=O) groups excluding carboxylic acids is 1. The van der Waals surface area contributed by atoms with Crippen LogP contribution in [0.5, 0.6) is 0 Å². The molecule has 2 bridgehead atoms. The summed E-state index contributed by atoms with van der Waals surface area (Å²) >= 11 is 0. The van der Waals surface area contributed by atoms with Crippen LogP contribution in [0.1, 0.15) is 44.9 Å². The van der Waals surface area contributed by atoms with Gasteiger partial charge < -0.3 is 11.1 Å². The van der Waals surface area contributed by atoms with Gasteiger partial charge in [-0.2, -0.15) is 13.2 Å². The normalized spacial score (nSPS) is 35.7. The number of fused-ring (bicyclic) bond motifs is 2. The summed E-state index contributed by atoms with van der Waals surface area (Å²) in [6, 6.07) is 0.255. The molecule has 4 nitrogen and oxygen atoms in total. The van der Waals surface area contributed by atoms with Crippen molar-refractivity contribution in [3.8, 4) is 0 Å². The first-order valence-corrected chi connectivity index (χ1v) is 9.17. The number of piperidine rings is 1. The van der Waals surface area contributed by atoms with Crippen LogP contribution < -0.4 is 11.1 Å². The topological polar surface area (TPSA) is 58.4 Å². The number of alkyl halides is 3. The Kier molecular flexibility index (Phi) is 5.39. The second-order valence-electron chi connectivity index (χ2n) is 7.87. The average Bonchev–Trinajstić information content (AvgIpc) is 2.47. The van der Waals surface area contributed by atoms with Gasteiger partial charge in [0.25, 0.3) is 0 Å². The number of nitrogens with one attached hydrogen (secondary N) is 1. The van der Waals surface area contributed by atoms with E-state index in [1.807, 2.05) is 0 Å². The molecule has 138 valence electrons. The molecule has 3 fully saturated rings. The second-order valence-corrected chi connectivity index (χ2v) is 7.87. The van der Waals surface area contributed by atoms with E-state index < -0.39 is 12.7 Å². The SMILES string of the molecule is NC1C2CCCC1CC(C(=O)NC1CCN(CC(F)(F)F)CC1)C2. The van der Waals surface area contributed by atoms with Crippen molar-refractivity contribution in [1.29, 1.82) is 0 Å². The fraction of sp³-hybridized carbons (Fsp3) is 0.941. The molecule has 2 aliphatic carbocycles. The molecule has 3 N–H and O–H groups in total. The van der Waals surface area contributed by atoms with Crippen LogP contribution in [0.15, 0.2) is 0 Å². The first kappa shape index (κ1) is 18.0. The summed E-state index contributed by atoms with van der Waals surface area (Å²) in [5.74, 6) is 1.05. The first-order valence-electron chi connectivity index (χ1n) is 9.17. The lowest BCUT2D eigenvalue weighted by molar-refractivity contribution is -0.148. The van der Waals surface area contributed by atoms with Crippen molar-refractivity contribution in [2.45, 2.75) is 63.2 Å². The zero-order chi connectivity index (χ0) is 17.3. The summed E-state index contributed by atoms with van der Waals surface area (Å²) < 4.78 is 37.2. The molecule has 0 radical (unpaired) electrons. The van der Waals surface area contributed by atoms with Gasteiger partial charge in [-0.1, -0.05) is 6.42 Å². The van der Waals surface area contributed by atoms with Crippen LogP contribution in [-0.4, -0.2) is 48.7 Å². The van der Waals surface area contributed by atoms with Gasteiger partial charge in [0.2, 0.25) is 5.91 Å². The van der Waals surface area contributed by atoms with Crippen LogP contribution in [-0.2, 0) is 4.79 Å². The molecule has 2 unspecified atom stereocenters. The van der Waals surface area contributed by atoms with Crippen LogP contribution >= 0.6 is 0 Å². The molecule has 0 aromatic heterocycles. The molecule has 0 aromatic carbocycles. The van der Waals surface area contributed by atoms with E-state index in [0.29, 0.717) is 37.8 Å². The van der Waals surface area contributed by atoms with Crippen molar-refractivity contribution in [3.63, 3.8) is 0 Å². The molecule has 1 heterocycles. The first-order chi connectivity index (χ1) is 11.3. The lowest BCUT2D eigenvalue weighted by atomic mass is 9.65. The van der Waals surface area contributed by atoms with Gasteiger partial charge in [0.1, 0.15) is 0 Å². The van der Waals surface area contributed by atoms with Crippen molar-refractivity contribution in [1.82, 2.24) is 10.2 Å². The van der Waals surface area contributed by atoms with E-state index in [0.717, 1.165) is 25.7 Å². The number of likely N-dealkylation sites (tertiary alicyclic amines) is 1. The van der Waals surface area contributed by atoms with Crippen molar-refractivity contribution >= 4 is 5.91 Å². The van der Waals surface area contributed by atoms with Crippen LogP contribution in [0, 0.1) is 17.8 Å². The Bertz CT molecular complexity index is 435. The third kappa shape index (κ3) is 4.42. The highest BCUT2D eigenvalue weighted by molar-refractivity contribution is 5.79. The van der Waals surface area contributed by atoms with E-state index in [-0.39, 0.29) is 23.9 Å². The number of halogens is 3. The maximum absolute atomic E-state index is 12.6. The minimum absolute atomic E-state index is 0.0115. The minimum atomic E-state index is -4.14. The van der Waals surface area contributed by atoms with Crippen LogP contribution in [0.25, 0.3) is 0 Å². The fourth-order valence-corrected chi connectivity index (χ4v) is 4.81. The fourth-order valence-electron chi connectivity index (χ4n) is 4.81. The Balaban J connectivity index is 1.45. The molecule has 0 spiro atoms. The summed E-state index contributed by atoms with van der Waals surface area (Å²) in [6.45, 7) is -0.0615. The molecular weight excluding hydrogens is 319 g/mol. The van der Waals surface area contributed by atoms with Gasteiger partial charge >= 0.3 is 6.18 Å². The lowest BCUT2D eigenvalue weighted by Crippen LogP contribution is -2.52. The summed E-state index contributed by atoms with van der Waals surface area (Å²) in [6.07, 6.45) is 2.26. The number of nitrogens with zero attached hydrogens (tertiary/aromatic N) is 1. The monoisotopic (exact) mass is 347 g/mol. The Morgan fingerprint density at radius 2 is 1.67 bits per heavy atom. The third-order valence-electron chi connectivity index (χ3n) is 6.12. The zero-order valence-corrected chi connectivity index (χ0v) is 14.0. The number of carbonyl (C=O) groups is 1.